The zero-order valence-electron chi connectivity index (χ0n) is 5.84. The zero-order chi connectivity index (χ0) is 8.43. The Morgan fingerprint density at radius 2 is 2.00 bits per heavy atom. The molecule has 0 aliphatic carbocycles. The van der Waals surface area contributed by atoms with Gasteiger partial charge in [0.1, 0.15) is 18.3 Å². The molecule has 0 unspecified atom stereocenters. The molecule has 0 aromatic carbocycles. The Morgan fingerprint density at radius 1 is 1.36 bits per heavy atom. The van der Waals surface area contributed by atoms with Crippen LogP contribution in [0.1, 0.15) is 0 Å². The summed E-state index contributed by atoms with van der Waals surface area (Å²) < 4.78 is 4.73. The fraction of sp³-hybridized carbons (Fsp3) is 0.833. The molecule has 1 heterocycles. The van der Waals surface area contributed by atoms with Crippen molar-refractivity contribution in [3.63, 3.8) is 0 Å². The van der Waals surface area contributed by atoms with E-state index < -0.39 is 24.9 Å². The maximum Gasteiger partial charge on any atom is 0.153 e. The highest BCUT2D eigenvalue weighted by atomic mass is 16.5. The topological polar surface area (TPSA) is 90.2 Å². The molecule has 0 bridgehead atoms. The van der Waals surface area contributed by atoms with Crippen molar-refractivity contribution in [3.05, 3.63) is 6.10 Å². The number of rotatable bonds is 1. The molecule has 1 radical (unpaired) electrons. The van der Waals surface area contributed by atoms with Gasteiger partial charge in [-0.15, -0.1) is 0 Å². The van der Waals surface area contributed by atoms with Crippen molar-refractivity contribution in [1.29, 1.82) is 0 Å². The molecule has 11 heavy (non-hydrogen) atoms. The molecule has 1 rings (SSSR count). The lowest BCUT2D eigenvalue weighted by atomic mass is 10.0. The van der Waals surface area contributed by atoms with Crippen LogP contribution in [0.5, 0.6) is 0 Å². The third-order valence-electron chi connectivity index (χ3n) is 1.64. The molecule has 0 amide bonds. The van der Waals surface area contributed by atoms with E-state index in [0.717, 1.165) is 0 Å². The molecular formula is C6H11O5. The maximum atomic E-state index is 9.08. The molecular weight excluding hydrogens is 152 g/mol. The van der Waals surface area contributed by atoms with Crippen molar-refractivity contribution in [2.24, 2.45) is 0 Å². The van der Waals surface area contributed by atoms with Gasteiger partial charge in [0.15, 0.2) is 6.10 Å². The maximum absolute atomic E-state index is 9.08. The normalized spacial score (nSPS) is 40.9. The summed E-state index contributed by atoms with van der Waals surface area (Å²) in [5, 5.41) is 35.6. The van der Waals surface area contributed by atoms with Gasteiger partial charge in [-0.3, -0.25) is 0 Å². The van der Waals surface area contributed by atoms with Crippen LogP contribution in [0, 0.1) is 6.10 Å². The van der Waals surface area contributed by atoms with E-state index in [0.29, 0.717) is 0 Å². The smallest absolute Gasteiger partial charge is 0.153 e. The van der Waals surface area contributed by atoms with E-state index >= 15 is 0 Å². The Kier molecular flexibility index (Phi) is 2.80. The molecule has 5 nitrogen and oxygen atoms in total. The largest absolute Gasteiger partial charge is 0.393 e. The van der Waals surface area contributed by atoms with Crippen molar-refractivity contribution in [2.75, 3.05) is 13.2 Å². The number of ether oxygens (including phenoxy) is 1. The van der Waals surface area contributed by atoms with Crippen LogP contribution < -0.4 is 0 Å². The van der Waals surface area contributed by atoms with Gasteiger partial charge in [-0.1, -0.05) is 0 Å². The second-order valence-corrected chi connectivity index (χ2v) is 2.44. The van der Waals surface area contributed by atoms with Crippen LogP contribution in [-0.2, 0) is 4.74 Å². The second-order valence-electron chi connectivity index (χ2n) is 2.44. The predicted molar refractivity (Wildman–Crippen MR) is 34.3 cm³/mol. The van der Waals surface area contributed by atoms with Crippen LogP contribution in [0.25, 0.3) is 0 Å². The molecule has 1 fully saturated rings. The van der Waals surface area contributed by atoms with Crippen molar-refractivity contribution < 1.29 is 25.2 Å². The second kappa shape index (κ2) is 3.46. The van der Waals surface area contributed by atoms with E-state index in [2.05, 4.69) is 0 Å². The Hall–Kier alpha value is -0.200. The minimum absolute atomic E-state index is 0.00259. The van der Waals surface area contributed by atoms with Gasteiger partial charge >= 0.3 is 0 Å². The average molecular weight is 163 g/mol. The Morgan fingerprint density at radius 3 is 2.55 bits per heavy atom. The van der Waals surface area contributed by atoms with Gasteiger partial charge < -0.3 is 25.2 Å². The predicted octanol–water partition coefficient (Wildman–Crippen LogP) is -2.38. The van der Waals surface area contributed by atoms with E-state index in [1.165, 1.54) is 0 Å². The van der Waals surface area contributed by atoms with E-state index in [-0.39, 0.29) is 12.7 Å². The highest BCUT2D eigenvalue weighted by molar-refractivity contribution is 4.98. The van der Waals surface area contributed by atoms with Crippen LogP contribution in [0.15, 0.2) is 0 Å². The van der Waals surface area contributed by atoms with Crippen LogP contribution in [0.3, 0.4) is 0 Å². The molecule has 4 N–H and O–H groups in total. The summed E-state index contributed by atoms with van der Waals surface area (Å²) in [6, 6.07) is 0. The SMILES string of the molecule is OC[C]1OC[C@H](O)[C@H](O)[C@@H]1O. The van der Waals surface area contributed by atoms with Gasteiger partial charge in [-0.2, -0.15) is 0 Å². The first-order chi connectivity index (χ1) is 5.16. The summed E-state index contributed by atoms with van der Waals surface area (Å²) >= 11 is 0. The summed E-state index contributed by atoms with van der Waals surface area (Å²) in [6.07, 6.45) is -3.63. The molecule has 0 aromatic heterocycles. The Balaban J connectivity index is 2.52. The van der Waals surface area contributed by atoms with Gasteiger partial charge in [0.25, 0.3) is 0 Å². The summed E-state index contributed by atoms with van der Waals surface area (Å²) in [6.45, 7) is -0.529. The van der Waals surface area contributed by atoms with E-state index in [4.69, 9.17) is 25.2 Å². The first kappa shape index (κ1) is 8.89. The van der Waals surface area contributed by atoms with Gasteiger partial charge in [-0.25, -0.2) is 0 Å². The van der Waals surface area contributed by atoms with E-state index in [9.17, 15) is 0 Å². The number of hydrogen-bond donors (Lipinski definition) is 4. The lowest BCUT2D eigenvalue weighted by Gasteiger charge is -2.33. The zero-order valence-corrected chi connectivity index (χ0v) is 5.84. The fourth-order valence-corrected chi connectivity index (χ4v) is 0.916. The quantitative estimate of drug-likeness (QED) is 0.346. The molecule has 3 atom stereocenters. The minimum Gasteiger partial charge on any atom is -0.393 e. The van der Waals surface area contributed by atoms with Crippen LogP contribution in [0.2, 0.25) is 0 Å². The highest BCUT2D eigenvalue weighted by Gasteiger charge is 2.37. The molecule has 5 heteroatoms. The van der Waals surface area contributed by atoms with Crippen molar-refractivity contribution in [3.8, 4) is 0 Å². The molecule has 65 valence electrons. The van der Waals surface area contributed by atoms with Crippen molar-refractivity contribution in [1.82, 2.24) is 0 Å². The fourth-order valence-electron chi connectivity index (χ4n) is 0.916. The number of hydrogen-bond acceptors (Lipinski definition) is 5. The first-order valence-electron chi connectivity index (χ1n) is 3.30. The van der Waals surface area contributed by atoms with Crippen LogP contribution in [0.4, 0.5) is 0 Å². The first-order valence-corrected chi connectivity index (χ1v) is 3.30. The monoisotopic (exact) mass is 163 g/mol. The van der Waals surface area contributed by atoms with Crippen LogP contribution >= 0.6 is 0 Å². The van der Waals surface area contributed by atoms with Gasteiger partial charge in [-0.05, 0) is 0 Å². The summed E-state index contributed by atoms with van der Waals surface area (Å²) in [7, 11) is 0. The van der Waals surface area contributed by atoms with Crippen molar-refractivity contribution in [2.45, 2.75) is 18.3 Å². The van der Waals surface area contributed by atoms with E-state index in [1.54, 1.807) is 0 Å². The Labute approximate surface area is 63.8 Å². The minimum atomic E-state index is -1.29. The van der Waals surface area contributed by atoms with Gasteiger partial charge in [0, 0.05) is 0 Å². The summed E-state index contributed by atoms with van der Waals surface area (Å²) in [5.41, 5.74) is 0. The van der Waals surface area contributed by atoms with Crippen LogP contribution in [-0.4, -0.2) is 52.0 Å². The number of aliphatic hydroxyl groups is 4. The van der Waals surface area contributed by atoms with Gasteiger partial charge in [0.2, 0.25) is 0 Å². The highest BCUT2D eigenvalue weighted by Crippen LogP contribution is 2.20. The molecule has 0 aromatic rings. The number of aliphatic hydroxyl groups excluding tert-OH is 4. The lowest BCUT2D eigenvalue weighted by Crippen LogP contribution is -2.50. The van der Waals surface area contributed by atoms with E-state index in [1.807, 2.05) is 0 Å². The van der Waals surface area contributed by atoms with Crippen molar-refractivity contribution >= 4 is 0 Å². The Bertz CT molecular complexity index is 126. The third kappa shape index (κ3) is 1.69. The summed E-state index contributed by atoms with van der Waals surface area (Å²) in [5.74, 6) is 0. The molecule has 1 aliphatic heterocycles. The lowest BCUT2D eigenvalue weighted by molar-refractivity contribution is -0.153. The molecule has 0 spiro atoms. The average Bonchev–Trinajstić information content (AvgIpc) is 2.01. The molecule has 1 saturated heterocycles. The third-order valence-corrected chi connectivity index (χ3v) is 1.64. The summed E-state index contributed by atoms with van der Waals surface area (Å²) in [4.78, 5) is 0. The van der Waals surface area contributed by atoms with Gasteiger partial charge in [0.05, 0.1) is 13.2 Å². The standard InChI is InChI=1S/C6H11O5/c7-1-4-6(10)5(9)3(8)2-11-4/h3,5-10H,1-2H2/t3-,5-,6+/m0/s1. The molecule has 0 saturated carbocycles. The molecule has 1 aliphatic rings.